The molecule has 0 bridgehead atoms. The largest absolute Gasteiger partial charge is 0.378 e. The van der Waals surface area contributed by atoms with Gasteiger partial charge in [-0.3, -0.25) is 19.8 Å². The van der Waals surface area contributed by atoms with Crippen molar-refractivity contribution in [2.24, 2.45) is 0 Å². The van der Waals surface area contributed by atoms with E-state index in [1.165, 1.54) is 5.69 Å². The Morgan fingerprint density at radius 3 is 1.88 bits per heavy atom. The predicted octanol–water partition coefficient (Wildman–Crippen LogP) is 0.672. The molecule has 2 rings (SSSR count). The molecular weight excluding hydrogens is 222 g/mol. The van der Waals surface area contributed by atoms with E-state index in [1.54, 1.807) is 12.4 Å². The number of carbonyl (C=O) groups is 2. The summed E-state index contributed by atoms with van der Waals surface area (Å²) in [7, 11) is 4.02. The van der Waals surface area contributed by atoms with Gasteiger partial charge in [-0.05, 0) is 12.1 Å². The Balaban J connectivity index is 0.000000171. The van der Waals surface area contributed by atoms with E-state index in [1.807, 2.05) is 31.1 Å². The third-order valence-corrected chi connectivity index (χ3v) is 2.20. The van der Waals surface area contributed by atoms with E-state index in [2.05, 4.69) is 4.98 Å². The van der Waals surface area contributed by atoms with Crippen LogP contribution in [0.25, 0.3) is 0 Å². The minimum Gasteiger partial charge on any atom is -0.378 e. The number of hydrogen-bond acceptors (Lipinski definition) is 5. The Morgan fingerprint density at radius 2 is 1.65 bits per heavy atom. The van der Waals surface area contributed by atoms with Gasteiger partial charge in [-0.25, -0.2) is 0 Å². The number of nitrogens with zero attached hydrogens (tertiary/aromatic N) is 3. The zero-order valence-corrected chi connectivity index (χ0v) is 9.83. The molecule has 1 aliphatic heterocycles. The molecule has 0 spiro atoms. The van der Waals surface area contributed by atoms with E-state index < -0.39 is 11.8 Å². The van der Waals surface area contributed by atoms with Crippen LogP contribution in [0.2, 0.25) is 0 Å². The summed E-state index contributed by atoms with van der Waals surface area (Å²) >= 11 is 0. The van der Waals surface area contributed by atoms with E-state index in [-0.39, 0.29) is 17.9 Å². The van der Waals surface area contributed by atoms with Gasteiger partial charge in [0.05, 0.1) is 0 Å². The summed E-state index contributed by atoms with van der Waals surface area (Å²) in [4.78, 5) is 26.4. The molecule has 1 aliphatic rings. The Bertz CT molecular complexity index is 376. The molecule has 1 N–H and O–H groups in total. The molecule has 0 aromatic carbocycles. The molecule has 2 amide bonds. The summed E-state index contributed by atoms with van der Waals surface area (Å²) in [6, 6.07) is 3.94. The minimum atomic E-state index is -0.505. The van der Waals surface area contributed by atoms with Crippen molar-refractivity contribution < 1.29 is 14.8 Å². The van der Waals surface area contributed by atoms with Gasteiger partial charge >= 0.3 is 0 Å². The second-order valence-corrected chi connectivity index (χ2v) is 3.70. The Morgan fingerprint density at radius 1 is 1.18 bits per heavy atom. The fourth-order valence-corrected chi connectivity index (χ4v) is 1.21. The van der Waals surface area contributed by atoms with Crippen LogP contribution in [0.4, 0.5) is 5.69 Å². The summed E-state index contributed by atoms with van der Waals surface area (Å²) in [5.74, 6) is -1.01. The lowest BCUT2D eigenvalue weighted by Gasteiger charge is -2.10. The van der Waals surface area contributed by atoms with Crippen LogP contribution in [0, 0.1) is 0 Å². The molecule has 92 valence electrons. The van der Waals surface area contributed by atoms with Crippen LogP contribution in [0.15, 0.2) is 24.5 Å². The molecule has 0 radical (unpaired) electrons. The monoisotopic (exact) mass is 237 g/mol. The van der Waals surface area contributed by atoms with Gasteiger partial charge in [-0.15, -0.1) is 0 Å². The van der Waals surface area contributed by atoms with Crippen molar-refractivity contribution in [3.05, 3.63) is 24.5 Å². The summed E-state index contributed by atoms with van der Waals surface area (Å²) in [5.41, 5.74) is 1.19. The minimum absolute atomic E-state index is 0.148. The number of imide groups is 1. The van der Waals surface area contributed by atoms with Crippen molar-refractivity contribution in [1.29, 1.82) is 0 Å². The van der Waals surface area contributed by atoms with E-state index in [4.69, 9.17) is 5.21 Å². The Hall–Kier alpha value is -1.95. The van der Waals surface area contributed by atoms with E-state index >= 15 is 0 Å². The van der Waals surface area contributed by atoms with Crippen LogP contribution in [-0.2, 0) is 9.59 Å². The molecule has 1 fully saturated rings. The molecule has 0 unspecified atom stereocenters. The number of pyridine rings is 1. The van der Waals surface area contributed by atoms with Gasteiger partial charge in [0.1, 0.15) is 0 Å². The average molecular weight is 237 g/mol. The Kier molecular flexibility index (Phi) is 4.59. The lowest BCUT2D eigenvalue weighted by Crippen LogP contribution is -2.24. The van der Waals surface area contributed by atoms with Crippen molar-refractivity contribution in [2.45, 2.75) is 12.8 Å². The second-order valence-electron chi connectivity index (χ2n) is 3.70. The van der Waals surface area contributed by atoms with Gasteiger partial charge in [-0.1, -0.05) is 0 Å². The van der Waals surface area contributed by atoms with Gasteiger partial charge in [0.2, 0.25) is 0 Å². The summed E-state index contributed by atoms with van der Waals surface area (Å²) in [6.07, 6.45) is 3.87. The van der Waals surface area contributed by atoms with Crippen molar-refractivity contribution in [2.75, 3.05) is 19.0 Å². The third-order valence-electron chi connectivity index (χ3n) is 2.20. The number of carbonyl (C=O) groups excluding carboxylic acids is 2. The highest BCUT2D eigenvalue weighted by Gasteiger charge is 2.26. The maximum absolute atomic E-state index is 10.2. The predicted molar refractivity (Wildman–Crippen MR) is 61.4 cm³/mol. The lowest BCUT2D eigenvalue weighted by atomic mass is 10.4. The summed E-state index contributed by atoms with van der Waals surface area (Å²) in [5, 5.41) is 8.57. The normalized spacial score (nSPS) is 14.4. The molecule has 1 saturated heterocycles. The molecule has 6 heteroatoms. The fraction of sp³-hybridized carbons (Fsp3) is 0.364. The molecule has 1 aromatic rings. The van der Waals surface area contributed by atoms with Crippen molar-refractivity contribution in [3.8, 4) is 0 Å². The first-order valence-corrected chi connectivity index (χ1v) is 5.14. The number of anilines is 1. The highest BCUT2D eigenvalue weighted by Crippen LogP contribution is 2.07. The van der Waals surface area contributed by atoms with Crippen molar-refractivity contribution in [3.63, 3.8) is 0 Å². The van der Waals surface area contributed by atoms with Crippen LogP contribution in [0.3, 0.4) is 0 Å². The summed E-state index contributed by atoms with van der Waals surface area (Å²) in [6.45, 7) is 0. The molecular formula is C11H15N3O3. The molecule has 0 aliphatic carbocycles. The number of aromatic nitrogens is 1. The van der Waals surface area contributed by atoms with Crippen molar-refractivity contribution in [1.82, 2.24) is 10.0 Å². The van der Waals surface area contributed by atoms with E-state index in [9.17, 15) is 9.59 Å². The van der Waals surface area contributed by atoms with Crippen LogP contribution in [0.5, 0.6) is 0 Å². The van der Waals surface area contributed by atoms with Crippen LogP contribution < -0.4 is 4.90 Å². The molecule has 6 nitrogen and oxygen atoms in total. The number of amides is 2. The number of hydroxylamine groups is 2. The van der Waals surface area contributed by atoms with E-state index in [0.29, 0.717) is 0 Å². The first-order valence-electron chi connectivity index (χ1n) is 5.14. The SMILES string of the molecule is CN(C)c1ccncc1.O=C1CCC(=O)N1O. The van der Waals surface area contributed by atoms with Gasteiger partial charge < -0.3 is 4.90 Å². The van der Waals surface area contributed by atoms with E-state index in [0.717, 1.165) is 0 Å². The molecule has 0 saturated carbocycles. The van der Waals surface area contributed by atoms with Gasteiger partial charge in [0.15, 0.2) is 0 Å². The first-order chi connectivity index (χ1) is 8.02. The number of hydrogen-bond donors (Lipinski definition) is 1. The van der Waals surface area contributed by atoms with Crippen LogP contribution in [-0.4, -0.2) is 41.2 Å². The summed E-state index contributed by atoms with van der Waals surface area (Å²) < 4.78 is 0. The van der Waals surface area contributed by atoms with Crippen LogP contribution in [0.1, 0.15) is 12.8 Å². The van der Waals surface area contributed by atoms with Gasteiger partial charge in [-0.2, -0.15) is 5.06 Å². The first kappa shape index (κ1) is 13.1. The van der Waals surface area contributed by atoms with Gasteiger partial charge in [0.25, 0.3) is 11.8 Å². The molecule has 17 heavy (non-hydrogen) atoms. The smallest absolute Gasteiger partial charge is 0.253 e. The zero-order valence-electron chi connectivity index (χ0n) is 9.83. The second kappa shape index (κ2) is 5.95. The molecule has 1 aromatic heterocycles. The Labute approximate surface area is 99.4 Å². The molecule has 2 heterocycles. The maximum atomic E-state index is 10.2. The zero-order chi connectivity index (χ0) is 12.8. The number of rotatable bonds is 1. The fourth-order valence-electron chi connectivity index (χ4n) is 1.21. The lowest BCUT2D eigenvalue weighted by molar-refractivity contribution is -0.171. The highest BCUT2D eigenvalue weighted by atomic mass is 16.5. The highest BCUT2D eigenvalue weighted by molar-refractivity contribution is 6.00. The maximum Gasteiger partial charge on any atom is 0.253 e. The quantitative estimate of drug-likeness (QED) is 0.574. The van der Waals surface area contributed by atoms with Crippen molar-refractivity contribution >= 4 is 17.5 Å². The van der Waals surface area contributed by atoms with Gasteiger partial charge in [0, 0.05) is 45.0 Å². The average Bonchev–Trinajstić information content (AvgIpc) is 2.62. The molecule has 0 atom stereocenters. The standard InChI is InChI=1S/C7H10N2.C4H5NO3/c1-9(2)7-3-5-8-6-4-7;6-3-1-2-4(7)5(3)8/h3-6H,1-2H3;8H,1-2H2. The van der Waals surface area contributed by atoms with Crippen LogP contribution >= 0.6 is 0 Å². The topological polar surface area (TPSA) is 73.7 Å². The third kappa shape index (κ3) is 3.84.